The minimum Gasteiger partial charge on any atom is -0.496 e. The van der Waals surface area contributed by atoms with Gasteiger partial charge in [-0.05, 0) is 6.54 Å². The maximum Gasteiger partial charge on any atom is 0.322 e. The lowest BCUT2D eigenvalue weighted by Crippen LogP contribution is -2.38. The summed E-state index contributed by atoms with van der Waals surface area (Å²) in [7, 11) is 4.54. The average molecular weight is 297 g/mol. The maximum absolute atomic E-state index is 11.6. The summed E-state index contributed by atoms with van der Waals surface area (Å²) in [5.74, 6) is 1.65. The molecule has 0 saturated carbocycles. The van der Waals surface area contributed by atoms with Crippen LogP contribution in [0.1, 0.15) is 13.3 Å². The number of carbonyl (C=O) groups is 1. The highest BCUT2D eigenvalue weighted by molar-refractivity contribution is 5.75. The number of benzene rings is 1. The van der Waals surface area contributed by atoms with E-state index in [1.54, 1.807) is 32.4 Å². The summed E-state index contributed by atoms with van der Waals surface area (Å²) in [5, 5.41) is 3.06. The molecule has 6 nitrogen and oxygen atoms in total. The lowest BCUT2D eigenvalue weighted by Gasteiger charge is -2.16. The Morgan fingerprint density at radius 2 is 1.67 bits per heavy atom. The van der Waals surface area contributed by atoms with Crippen molar-refractivity contribution in [2.75, 3.05) is 34.5 Å². The Kier molecular flexibility index (Phi) is 7.39. The number of rotatable bonds is 9. The summed E-state index contributed by atoms with van der Waals surface area (Å²) in [5.41, 5.74) is 0. The first kappa shape index (κ1) is 17.1. The van der Waals surface area contributed by atoms with E-state index in [4.69, 9.17) is 18.9 Å². The molecule has 1 N–H and O–H groups in total. The molecule has 0 aliphatic heterocycles. The van der Waals surface area contributed by atoms with Crippen LogP contribution in [-0.4, -0.2) is 46.5 Å². The molecule has 1 aromatic rings. The third kappa shape index (κ3) is 5.51. The van der Waals surface area contributed by atoms with E-state index in [-0.39, 0.29) is 12.0 Å². The van der Waals surface area contributed by atoms with Crippen LogP contribution in [0.5, 0.6) is 17.2 Å². The van der Waals surface area contributed by atoms with Crippen molar-refractivity contribution >= 4 is 5.97 Å². The summed E-state index contributed by atoms with van der Waals surface area (Å²) in [6.07, 6.45) is 0.514. The van der Waals surface area contributed by atoms with Gasteiger partial charge in [-0.1, -0.05) is 6.92 Å². The van der Waals surface area contributed by atoms with Gasteiger partial charge in [0.15, 0.2) is 0 Å². The van der Waals surface area contributed by atoms with Crippen molar-refractivity contribution in [3.63, 3.8) is 0 Å². The van der Waals surface area contributed by atoms with E-state index in [0.29, 0.717) is 36.8 Å². The number of esters is 1. The summed E-state index contributed by atoms with van der Waals surface area (Å²) < 4.78 is 20.7. The molecule has 0 amide bonds. The zero-order chi connectivity index (χ0) is 15.7. The van der Waals surface area contributed by atoms with Crippen LogP contribution in [0.3, 0.4) is 0 Å². The van der Waals surface area contributed by atoms with E-state index >= 15 is 0 Å². The molecule has 0 spiro atoms. The molecule has 1 atom stereocenters. The van der Waals surface area contributed by atoms with Gasteiger partial charge in [0, 0.05) is 24.6 Å². The highest BCUT2D eigenvalue weighted by atomic mass is 16.5. The second-order valence-corrected chi connectivity index (χ2v) is 4.32. The fraction of sp³-hybridized carbons (Fsp3) is 0.533. The van der Waals surface area contributed by atoms with Crippen molar-refractivity contribution in [1.82, 2.24) is 5.32 Å². The standard InChI is InChI=1S/C15H23NO5/c1-5-16-14(15(17)20-4)6-7-21-13-9-11(18-2)8-12(10-13)19-3/h8-10,14,16H,5-7H2,1-4H3. The van der Waals surface area contributed by atoms with Gasteiger partial charge in [-0.3, -0.25) is 4.79 Å². The second-order valence-electron chi connectivity index (χ2n) is 4.32. The van der Waals surface area contributed by atoms with Gasteiger partial charge in [0.05, 0.1) is 27.9 Å². The van der Waals surface area contributed by atoms with Gasteiger partial charge in [-0.15, -0.1) is 0 Å². The lowest BCUT2D eigenvalue weighted by molar-refractivity contribution is -0.143. The van der Waals surface area contributed by atoms with E-state index in [2.05, 4.69) is 5.32 Å². The zero-order valence-electron chi connectivity index (χ0n) is 13.0. The fourth-order valence-electron chi connectivity index (χ4n) is 1.85. The van der Waals surface area contributed by atoms with Crippen molar-refractivity contribution in [3.05, 3.63) is 18.2 Å². The molecule has 118 valence electrons. The summed E-state index contributed by atoms with van der Waals surface area (Å²) in [4.78, 5) is 11.6. The monoisotopic (exact) mass is 297 g/mol. The van der Waals surface area contributed by atoms with E-state index in [9.17, 15) is 4.79 Å². The number of ether oxygens (including phenoxy) is 4. The van der Waals surface area contributed by atoms with Gasteiger partial charge >= 0.3 is 5.97 Å². The molecule has 0 aromatic heterocycles. The fourth-order valence-corrected chi connectivity index (χ4v) is 1.85. The van der Waals surface area contributed by atoms with Crippen molar-refractivity contribution in [2.45, 2.75) is 19.4 Å². The summed E-state index contributed by atoms with van der Waals surface area (Å²) >= 11 is 0. The molecule has 0 heterocycles. The maximum atomic E-state index is 11.6. The van der Waals surface area contributed by atoms with Crippen molar-refractivity contribution < 1.29 is 23.7 Å². The smallest absolute Gasteiger partial charge is 0.322 e. The minimum absolute atomic E-state index is 0.288. The molecule has 1 aromatic carbocycles. The number of hydrogen-bond donors (Lipinski definition) is 1. The molecule has 0 bridgehead atoms. The third-order valence-electron chi connectivity index (χ3n) is 2.94. The third-order valence-corrected chi connectivity index (χ3v) is 2.94. The molecule has 21 heavy (non-hydrogen) atoms. The molecule has 0 aliphatic rings. The summed E-state index contributed by atoms with van der Waals surface area (Å²) in [6.45, 7) is 3.00. The average Bonchev–Trinajstić information content (AvgIpc) is 2.52. The molecular weight excluding hydrogens is 274 g/mol. The Balaban J connectivity index is 2.59. The highest BCUT2D eigenvalue weighted by Crippen LogP contribution is 2.27. The predicted molar refractivity (Wildman–Crippen MR) is 79.1 cm³/mol. The van der Waals surface area contributed by atoms with Gasteiger partial charge in [0.1, 0.15) is 23.3 Å². The molecule has 1 unspecified atom stereocenters. The van der Waals surface area contributed by atoms with Gasteiger partial charge in [-0.25, -0.2) is 0 Å². The van der Waals surface area contributed by atoms with Gasteiger partial charge < -0.3 is 24.3 Å². The molecule has 0 aliphatic carbocycles. The molecule has 0 radical (unpaired) electrons. The van der Waals surface area contributed by atoms with E-state index in [1.165, 1.54) is 7.11 Å². The number of methoxy groups -OCH3 is 3. The van der Waals surface area contributed by atoms with Crippen LogP contribution in [-0.2, 0) is 9.53 Å². The van der Waals surface area contributed by atoms with Crippen LogP contribution in [0.25, 0.3) is 0 Å². The number of nitrogens with one attached hydrogen (secondary N) is 1. The van der Waals surface area contributed by atoms with Crippen LogP contribution in [0.15, 0.2) is 18.2 Å². The van der Waals surface area contributed by atoms with Gasteiger partial charge in [0.2, 0.25) is 0 Å². The van der Waals surface area contributed by atoms with Crippen LogP contribution >= 0.6 is 0 Å². The molecule has 6 heteroatoms. The van der Waals surface area contributed by atoms with E-state index < -0.39 is 0 Å². The predicted octanol–water partition coefficient (Wildman–Crippen LogP) is 1.62. The van der Waals surface area contributed by atoms with Crippen molar-refractivity contribution in [2.24, 2.45) is 0 Å². The Labute approximate surface area is 125 Å². The molecule has 1 rings (SSSR count). The van der Waals surface area contributed by atoms with Crippen LogP contribution in [0.2, 0.25) is 0 Å². The van der Waals surface area contributed by atoms with Crippen molar-refractivity contribution in [3.8, 4) is 17.2 Å². The largest absolute Gasteiger partial charge is 0.496 e. The molecular formula is C15H23NO5. The molecule has 0 saturated heterocycles. The Hall–Kier alpha value is -1.95. The first-order valence-electron chi connectivity index (χ1n) is 6.81. The molecule has 0 fully saturated rings. The highest BCUT2D eigenvalue weighted by Gasteiger charge is 2.17. The van der Waals surface area contributed by atoms with Gasteiger partial charge in [-0.2, -0.15) is 0 Å². The Morgan fingerprint density at radius 1 is 1.10 bits per heavy atom. The number of hydrogen-bond acceptors (Lipinski definition) is 6. The number of likely N-dealkylation sites (N-methyl/N-ethyl adjacent to an activating group) is 1. The summed E-state index contributed by atoms with van der Waals surface area (Å²) in [6, 6.07) is 4.93. The van der Waals surface area contributed by atoms with Gasteiger partial charge in [0.25, 0.3) is 0 Å². The SMILES string of the molecule is CCNC(CCOc1cc(OC)cc(OC)c1)C(=O)OC. The number of carbonyl (C=O) groups excluding carboxylic acids is 1. The van der Waals surface area contributed by atoms with Crippen molar-refractivity contribution in [1.29, 1.82) is 0 Å². The Bertz CT molecular complexity index is 427. The second kappa shape index (κ2) is 9.07. The Morgan fingerprint density at radius 3 is 2.14 bits per heavy atom. The topological polar surface area (TPSA) is 66.0 Å². The quantitative estimate of drug-likeness (QED) is 0.699. The minimum atomic E-state index is -0.368. The normalized spacial score (nSPS) is 11.6. The first-order valence-corrected chi connectivity index (χ1v) is 6.81. The zero-order valence-corrected chi connectivity index (χ0v) is 13.0. The van der Waals surface area contributed by atoms with Crippen LogP contribution < -0.4 is 19.5 Å². The van der Waals surface area contributed by atoms with E-state index in [1.807, 2.05) is 6.92 Å². The lowest BCUT2D eigenvalue weighted by atomic mass is 10.2. The van der Waals surface area contributed by atoms with Crippen LogP contribution in [0, 0.1) is 0 Å². The van der Waals surface area contributed by atoms with E-state index in [0.717, 1.165) is 0 Å². The van der Waals surface area contributed by atoms with Crippen LogP contribution in [0.4, 0.5) is 0 Å². The first-order chi connectivity index (χ1) is 10.1.